The van der Waals surface area contributed by atoms with Gasteiger partial charge in [-0.15, -0.1) is 0 Å². The smallest absolute Gasteiger partial charge is 0.330 e. The van der Waals surface area contributed by atoms with Crippen molar-refractivity contribution in [1.82, 2.24) is 0 Å². The first-order valence-corrected chi connectivity index (χ1v) is 5.50. The minimum Gasteiger partial charge on any atom is -0.330 e. The Morgan fingerprint density at radius 3 is 2.33 bits per heavy atom. The van der Waals surface area contributed by atoms with Crippen molar-refractivity contribution in [1.29, 1.82) is 0 Å². The summed E-state index contributed by atoms with van der Waals surface area (Å²) in [6, 6.07) is 4.33. The van der Waals surface area contributed by atoms with Gasteiger partial charge in [0, 0.05) is 12.1 Å². The van der Waals surface area contributed by atoms with Crippen LogP contribution < -0.4 is 11.1 Å². The number of halogens is 3. The lowest BCUT2D eigenvalue weighted by Crippen LogP contribution is -2.20. The van der Waals surface area contributed by atoms with Gasteiger partial charge < -0.3 is 11.1 Å². The quantitative estimate of drug-likeness (QED) is 0.874. The van der Waals surface area contributed by atoms with Gasteiger partial charge in [0.2, 0.25) is 5.91 Å². The van der Waals surface area contributed by atoms with Gasteiger partial charge in [0.05, 0.1) is 5.56 Å². The second kappa shape index (κ2) is 5.86. The lowest BCUT2D eigenvalue weighted by atomic mass is 10.1. The zero-order valence-electron chi connectivity index (χ0n) is 9.92. The van der Waals surface area contributed by atoms with Crippen molar-refractivity contribution in [2.24, 2.45) is 11.7 Å². The molecule has 1 rings (SSSR count). The van der Waals surface area contributed by atoms with Crippen LogP contribution in [0.5, 0.6) is 0 Å². The molecule has 1 atom stereocenters. The predicted molar refractivity (Wildman–Crippen MR) is 62.9 cm³/mol. The maximum Gasteiger partial charge on any atom is 0.416 e. The standard InChI is InChI=1S/C12H15F3N2O/c1-8(7-16)6-11(18)17-10-4-2-9(3-5-10)12(13,14)15/h2-5,8H,6-7,16H2,1H3,(H,17,18). The summed E-state index contributed by atoms with van der Waals surface area (Å²) in [6.45, 7) is 2.22. The van der Waals surface area contributed by atoms with Crippen LogP contribution in [0.25, 0.3) is 0 Å². The monoisotopic (exact) mass is 260 g/mol. The number of nitrogens with two attached hydrogens (primary N) is 1. The van der Waals surface area contributed by atoms with E-state index in [0.29, 0.717) is 12.2 Å². The van der Waals surface area contributed by atoms with Crippen molar-refractivity contribution in [3.05, 3.63) is 29.8 Å². The van der Waals surface area contributed by atoms with Gasteiger partial charge in [-0.2, -0.15) is 13.2 Å². The van der Waals surface area contributed by atoms with Crippen LogP contribution in [0.1, 0.15) is 18.9 Å². The number of nitrogens with one attached hydrogen (secondary N) is 1. The summed E-state index contributed by atoms with van der Waals surface area (Å²) >= 11 is 0. The van der Waals surface area contributed by atoms with Crippen molar-refractivity contribution in [2.75, 3.05) is 11.9 Å². The first kappa shape index (κ1) is 14.5. The molecule has 3 N–H and O–H groups in total. The van der Waals surface area contributed by atoms with E-state index in [2.05, 4.69) is 5.32 Å². The highest BCUT2D eigenvalue weighted by atomic mass is 19.4. The van der Waals surface area contributed by atoms with E-state index in [1.165, 1.54) is 12.1 Å². The van der Waals surface area contributed by atoms with Gasteiger partial charge in [0.25, 0.3) is 0 Å². The molecule has 0 fully saturated rings. The number of alkyl halides is 3. The molecule has 6 heteroatoms. The number of benzene rings is 1. The van der Waals surface area contributed by atoms with Crippen LogP contribution in [0.4, 0.5) is 18.9 Å². The van der Waals surface area contributed by atoms with Crippen LogP contribution in [0.3, 0.4) is 0 Å². The van der Waals surface area contributed by atoms with E-state index in [-0.39, 0.29) is 18.2 Å². The molecule has 0 heterocycles. The first-order valence-electron chi connectivity index (χ1n) is 5.50. The SMILES string of the molecule is CC(CN)CC(=O)Nc1ccc(C(F)(F)F)cc1. The Morgan fingerprint density at radius 2 is 1.89 bits per heavy atom. The second-order valence-corrected chi connectivity index (χ2v) is 4.17. The fraction of sp³-hybridized carbons (Fsp3) is 0.417. The zero-order valence-corrected chi connectivity index (χ0v) is 9.92. The Hall–Kier alpha value is -1.56. The third-order valence-electron chi connectivity index (χ3n) is 2.43. The fourth-order valence-electron chi connectivity index (χ4n) is 1.35. The van der Waals surface area contributed by atoms with Crippen LogP contribution in [-0.4, -0.2) is 12.5 Å². The second-order valence-electron chi connectivity index (χ2n) is 4.17. The minimum atomic E-state index is -4.36. The van der Waals surface area contributed by atoms with Crippen molar-refractivity contribution >= 4 is 11.6 Å². The topological polar surface area (TPSA) is 55.1 Å². The van der Waals surface area contributed by atoms with Crippen LogP contribution in [0.15, 0.2) is 24.3 Å². The number of carbonyl (C=O) groups excluding carboxylic acids is 1. The number of carbonyl (C=O) groups is 1. The normalized spacial score (nSPS) is 13.2. The van der Waals surface area contributed by atoms with Crippen molar-refractivity contribution < 1.29 is 18.0 Å². The number of hydrogen-bond acceptors (Lipinski definition) is 2. The molecular weight excluding hydrogens is 245 g/mol. The largest absolute Gasteiger partial charge is 0.416 e. The summed E-state index contributed by atoms with van der Waals surface area (Å²) in [7, 11) is 0. The molecule has 0 radical (unpaired) electrons. The van der Waals surface area contributed by atoms with Crippen molar-refractivity contribution in [3.8, 4) is 0 Å². The molecule has 3 nitrogen and oxygen atoms in total. The summed E-state index contributed by atoms with van der Waals surface area (Å²) < 4.78 is 36.9. The molecule has 0 aliphatic carbocycles. The predicted octanol–water partition coefficient (Wildman–Crippen LogP) is 2.63. The van der Waals surface area contributed by atoms with Gasteiger partial charge in [-0.3, -0.25) is 4.79 Å². The number of amides is 1. The molecule has 100 valence electrons. The summed E-state index contributed by atoms with van der Waals surface area (Å²) in [5, 5.41) is 2.52. The molecule has 1 unspecified atom stereocenters. The molecule has 0 aromatic heterocycles. The summed E-state index contributed by atoms with van der Waals surface area (Å²) in [5.41, 5.74) is 4.98. The van der Waals surface area contributed by atoms with E-state index in [1.54, 1.807) is 0 Å². The van der Waals surface area contributed by atoms with Crippen LogP contribution >= 0.6 is 0 Å². The highest BCUT2D eigenvalue weighted by Gasteiger charge is 2.29. The summed E-state index contributed by atoms with van der Waals surface area (Å²) in [6.07, 6.45) is -4.12. The third-order valence-corrected chi connectivity index (χ3v) is 2.43. The molecule has 0 aliphatic heterocycles. The van der Waals surface area contributed by atoms with E-state index in [0.717, 1.165) is 12.1 Å². The molecule has 0 aliphatic rings. The molecule has 18 heavy (non-hydrogen) atoms. The Labute approximate surface area is 103 Å². The number of hydrogen-bond donors (Lipinski definition) is 2. The molecule has 1 aromatic carbocycles. The molecule has 0 bridgehead atoms. The van der Waals surface area contributed by atoms with Crippen LogP contribution in [0.2, 0.25) is 0 Å². The maximum absolute atomic E-state index is 12.3. The van der Waals surface area contributed by atoms with Crippen LogP contribution in [-0.2, 0) is 11.0 Å². The molecule has 1 aromatic rings. The fourth-order valence-corrected chi connectivity index (χ4v) is 1.35. The highest BCUT2D eigenvalue weighted by molar-refractivity contribution is 5.90. The molecule has 0 saturated heterocycles. The van der Waals surface area contributed by atoms with E-state index in [1.807, 2.05) is 6.92 Å². The minimum absolute atomic E-state index is 0.0412. The van der Waals surface area contributed by atoms with E-state index < -0.39 is 11.7 Å². The maximum atomic E-state index is 12.3. The molecule has 1 amide bonds. The number of rotatable bonds is 4. The van der Waals surface area contributed by atoms with Gasteiger partial charge >= 0.3 is 6.18 Å². The van der Waals surface area contributed by atoms with E-state index >= 15 is 0 Å². The van der Waals surface area contributed by atoms with E-state index in [9.17, 15) is 18.0 Å². The van der Waals surface area contributed by atoms with Gasteiger partial charge in [0.15, 0.2) is 0 Å². The Kier molecular flexibility index (Phi) is 4.72. The lowest BCUT2D eigenvalue weighted by molar-refractivity contribution is -0.137. The first-order chi connectivity index (χ1) is 8.32. The summed E-state index contributed by atoms with van der Waals surface area (Å²) in [4.78, 5) is 11.5. The molecular formula is C12H15F3N2O. The van der Waals surface area contributed by atoms with Gasteiger partial charge in [0.1, 0.15) is 0 Å². The Bertz CT molecular complexity index is 401. The molecule has 0 saturated carbocycles. The third kappa shape index (κ3) is 4.37. The molecule has 0 spiro atoms. The van der Waals surface area contributed by atoms with Gasteiger partial charge in [-0.05, 0) is 36.7 Å². The van der Waals surface area contributed by atoms with Crippen molar-refractivity contribution in [3.63, 3.8) is 0 Å². The van der Waals surface area contributed by atoms with Gasteiger partial charge in [-0.25, -0.2) is 0 Å². The Balaban J connectivity index is 2.61. The van der Waals surface area contributed by atoms with Crippen LogP contribution in [0, 0.1) is 5.92 Å². The number of anilines is 1. The van der Waals surface area contributed by atoms with Crippen molar-refractivity contribution in [2.45, 2.75) is 19.5 Å². The summed E-state index contributed by atoms with van der Waals surface area (Å²) in [5.74, 6) is -0.216. The lowest BCUT2D eigenvalue weighted by Gasteiger charge is -2.10. The Morgan fingerprint density at radius 1 is 1.33 bits per heavy atom. The average Bonchev–Trinajstić information content (AvgIpc) is 2.28. The van der Waals surface area contributed by atoms with E-state index in [4.69, 9.17) is 5.73 Å². The highest BCUT2D eigenvalue weighted by Crippen LogP contribution is 2.29. The average molecular weight is 260 g/mol. The van der Waals surface area contributed by atoms with Gasteiger partial charge in [-0.1, -0.05) is 6.92 Å². The zero-order chi connectivity index (χ0) is 13.8.